The molecule has 27 heavy (non-hydrogen) atoms. The van der Waals surface area contributed by atoms with Gasteiger partial charge in [-0.15, -0.1) is 0 Å². The van der Waals surface area contributed by atoms with Crippen LogP contribution in [0.15, 0.2) is 61.1 Å². The second kappa shape index (κ2) is 6.91. The monoisotopic (exact) mass is 364 g/mol. The van der Waals surface area contributed by atoms with E-state index in [1.54, 1.807) is 35.3 Å². The summed E-state index contributed by atoms with van der Waals surface area (Å²) in [6.07, 6.45) is 5.30. The number of amides is 1. The highest BCUT2D eigenvalue weighted by Crippen LogP contribution is 2.17. The molecule has 8 heteroatoms. The van der Waals surface area contributed by atoms with Gasteiger partial charge in [0, 0.05) is 31.5 Å². The number of aromatic amines is 1. The Bertz CT molecular complexity index is 1090. The van der Waals surface area contributed by atoms with Gasteiger partial charge in [0.25, 0.3) is 5.91 Å². The first kappa shape index (κ1) is 16.8. The molecule has 136 valence electrons. The Kier molecular flexibility index (Phi) is 4.29. The molecule has 3 aromatic heterocycles. The van der Waals surface area contributed by atoms with Gasteiger partial charge >= 0.3 is 0 Å². The van der Waals surface area contributed by atoms with E-state index >= 15 is 0 Å². The third kappa shape index (κ3) is 3.50. The molecule has 0 bridgehead atoms. The molecule has 1 aromatic carbocycles. The zero-order valence-electron chi connectivity index (χ0n) is 14.6. The molecule has 1 amide bonds. The van der Waals surface area contributed by atoms with Crippen molar-refractivity contribution in [3.05, 3.63) is 78.1 Å². The van der Waals surface area contributed by atoms with Crippen LogP contribution >= 0.6 is 0 Å². The summed E-state index contributed by atoms with van der Waals surface area (Å²) in [4.78, 5) is 12.3. The van der Waals surface area contributed by atoms with Crippen molar-refractivity contribution in [3.8, 4) is 17.1 Å². The highest BCUT2D eigenvalue weighted by Gasteiger charge is 2.12. The summed E-state index contributed by atoms with van der Waals surface area (Å²) < 4.78 is 16.8. The lowest BCUT2D eigenvalue weighted by atomic mass is 10.2. The van der Waals surface area contributed by atoms with Crippen LogP contribution in [0.3, 0.4) is 0 Å². The van der Waals surface area contributed by atoms with Gasteiger partial charge in [-0.1, -0.05) is 6.07 Å². The summed E-state index contributed by atoms with van der Waals surface area (Å²) in [5, 5.41) is 14.0. The molecule has 0 unspecified atom stereocenters. The Morgan fingerprint density at radius 2 is 2.15 bits per heavy atom. The zero-order valence-corrected chi connectivity index (χ0v) is 14.6. The molecule has 0 aliphatic carbocycles. The Balaban J connectivity index is 1.41. The maximum atomic E-state index is 13.3. The molecule has 7 nitrogen and oxygen atoms in total. The van der Waals surface area contributed by atoms with Crippen molar-refractivity contribution in [2.75, 3.05) is 0 Å². The smallest absolute Gasteiger partial charge is 0.269 e. The number of benzene rings is 1. The van der Waals surface area contributed by atoms with Gasteiger partial charge in [0.15, 0.2) is 0 Å². The average Bonchev–Trinajstić information content (AvgIpc) is 3.40. The van der Waals surface area contributed by atoms with Gasteiger partial charge in [0.2, 0.25) is 0 Å². The first-order valence-corrected chi connectivity index (χ1v) is 8.35. The molecule has 0 aliphatic heterocycles. The molecule has 2 N–H and O–H groups in total. The molecule has 4 rings (SSSR count). The number of hydrogen-bond donors (Lipinski definition) is 2. The molecular formula is C19H17FN6O. The van der Waals surface area contributed by atoms with Crippen LogP contribution in [0, 0.1) is 5.82 Å². The van der Waals surface area contributed by atoms with Gasteiger partial charge in [-0.05, 0) is 36.4 Å². The Hall–Kier alpha value is -3.68. The summed E-state index contributed by atoms with van der Waals surface area (Å²) >= 11 is 0. The van der Waals surface area contributed by atoms with Gasteiger partial charge in [-0.3, -0.25) is 9.89 Å². The van der Waals surface area contributed by atoms with E-state index in [1.807, 2.05) is 29.9 Å². The van der Waals surface area contributed by atoms with Crippen molar-refractivity contribution in [1.29, 1.82) is 0 Å². The highest BCUT2D eigenvalue weighted by atomic mass is 19.1. The van der Waals surface area contributed by atoms with E-state index in [4.69, 9.17) is 0 Å². The minimum Gasteiger partial charge on any atom is -0.349 e. The molecule has 0 fully saturated rings. The van der Waals surface area contributed by atoms with Crippen LogP contribution in [0.25, 0.3) is 17.1 Å². The van der Waals surface area contributed by atoms with Crippen molar-refractivity contribution in [2.24, 2.45) is 7.05 Å². The van der Waals surface area contributed by atoms with Crippen LogP contribution in [0.5, 0.6) is 0 Å². The molecule has 0 radical (unpaired) electrons. The van der Waals surface area contributed by atoms with E-state index in [1.165, 1.54) is 12.1 Å². The summed E-state index contributed by atoms with van der Waals surface area (Å²) in [6, 6.07) is 11.7. The van der Waals surface area contributed by atoms with E-state index in [2.05, 4.69) is 20.6 Å². The average molecular weight is 364 g/mol. The van der Waals surface area contributed by atoms with Crippen LogP contribution in [0.4, 0.5) is 4.39 Å². The molecule has 0 spiro atoms. The van der Waals surface area contributed by atoms with Gasteiger partial charge in [0.05, 0.1) is 17.6 Å². The number of H-pyrrole nitrogens is 1. The minimum absolute atomic E-state index is 0.263. The molecule has 0 saturated heterocycles. The minimum atomic E-state index is -0.328. The molecule has 4 aromatic rings. The van der Waals surface area contributed by atoms with Crippen molar-refractivity contribution < 1.29 is 9.18 Å². The quantitative estimate of drug-likeness (QED) is 0.571. The van der Waals surface area contributed by atoms with Gasteiger partial charge < -0.3 is 9.88 Å². The fourth-order valence-corrected chi connectivity index (χ4v) is 2.79. The number of nitrogens with zero attached hydrogens (tertiary/aromatic N) is 4. The molecule has 3 heterocycles. The van der Waals surface area contributed by atoms with Crippen molar-refractivity contribution in [3.63, 3.8) is 0 Å². The molecule has 0 saturated carbocycles. The first-order chi connectivity index (χ1) is 13.1. The highest BCUT2D eigenvalue weighted by molar-refractivity contribution is 5.93. The number of halogens is 1. The van der Waals surface area contributed by atoms with E-state index < -0.39 is 0 Å². The number of aromatic nitrogens is 5. The molecule has 0 aliphatic rings. The van der Waals surface area contributed by atoms with Crippen LogP contribution < -0.4 is 5.32 Å². The number of nitrogens with one attached hydrogen (secondary N) is 2. The maximum absolute atomic E-state index is 13.3. The lowest BCUT2D eigenvalue weighted by Crippen LogP contribution is -2.22. The second-order valence-electron chi connectivity index (χ2n) is 6.13. The topological polar surface area (TPSA) is 80.5 Å². The normalized spacial score (nSPS) is 10.9. The summed E-state index contributed by atoms with van der Waals surface area (Å²) in [6.45, 7) is 0.298. The fraction of sp³-hybridized carbons (Fsp3) is 0.105. The molecule has 0 atom stereocenters. The van der Waals surface area contributed by atoms with Crippen LogP contribution in [-0.4, -0.2) is 30.5 Å². The molecular weight excluding hydrogens is 347 g/mol. The first-order valence-electron chi connectivity index (χ1n) is 8.35. The standard InChI is InChI=1S/C19H17FN6O/c1-25-7-3-6-18(25)16-9-17(24-23-16)19(27)21-10-13-11-22-26(12-13)15-5-2-4-14(20)8-15/h2-9,11-12H,10H2,1H3,(H,21,27)(H,23,24). The van der Waals surface area contributed by atoms with Crippen LogP contribution in [0.2, 0.25) is 0 Å². The van der Waals surface area contributed by atoms with Crippen LogP contribution in [-0.2, 0) is 13.6 Å². The number of hydrogen-bond acceptors (Lipinski definition) is 3. The Morgan fingerprint density at radius 1 is 1.26 bits per heavy atom. The lowest BCUT2D eigenvalue weighted by Gasteiger charge is -2.02. The lowest BCUT2D eigenvalue weighted by molar-refractivity contribution is 0.0946. The zero-order chi connectivity index (χ0) is 18.8. The number of rotatable bonds is 5. The largest absolute Gasteiger partial charge is 0.349 e. The summed E-state index contributed by atoms with van der Waals surface area (Å²) in [5.41, 5.74) is 3.42. The third-order valence-corrected chi connectivity index (χ3v) is 4.19. The van der Waals surface area contributed by atoms with Crippen molar-refractivity contribution >= 4 is 5.91 Å². The van der Waals surface area contributed by atoms with E-state index in [-0.39, 0.29) is 11.7 Å². The van der Waals surface area contributed by atoms with E-state index in [9.17, 15) is 9.18 Å². The third-order valence-electron chi connectivity index (χ3n) is 4.19. The summed E-state index contributed by atoms with van der Waals surface area (Å²) in [7, 11) is 1.92. The summed E-state index contributed by atoms with van der Waals surface area (Å²) in [5.74, 6) is -0.590. The van der Waals surface area contributed by atoms with Crippen molar-refractivity contribution in [1.82, 2.24) is 29.9 Å². The van der Waals surface area contributed by atoms with E-state index in [0.29, 0.717) is 23.6 Å². The fourth-order valence-electron chi connectivity index (χ4n) is 2.79. The maximum Gasteiger partial charge on any atom is 0.269 e. The second-order valence-corrected chi connectivity index (χ2v) is 6.13. The van der Waals surface area contributed by atoms with Crippen LogP contribution in [0.1, 0.15) is 16.1 Å². The predicted molar refractivity (Wildman–Crippen MR) is 97.7 cm³/mol. The van der Waals surface area contributed by atoms with Gasteiger partial charge in [-0.2, -0.15) is 10.2 Å². The Labute approximate surface area is 154 Å². The number of carbonyl (C=O) groups excluding carboxylic acids is 1. The van der Waals surface area contributed by atoms with E-state index in [0.717, 1.165) is 11.3 Å². The predicted octanol–water partition coefficient (Wildman–Crippen LogP) is 2.67. The SMILES string of the molecule is Cn1cccc1-c1cc(C(=O)NCc2cnn(-c3cccc(F)c3)c2)[nH]n1. The van der Waals surface area contributed by atoms with Gasteiger partial charge in [0.1, 0.15) is 17.2 Å². The number of carbonyl (C=O) groups is 1. The van der Waals surface area contributed by atoms with Crippen molar-refractivity contribution in [2.45, 2.75) is 6.54 Å². The Morgan fingerprint density at radius 3 is 2.93 bits per heavy atom. The number of aryl methyl sites for hydroxylation is 1. The van der Waals surface area contributed by atoms with Gasteiger partial charge in [-0.25, -0.2) is 9.07 Å².